The van der Waals surface area contributed by atoms with Crippen LogP contribution < -0.4 is 10.1 Å². The Hall–Kier alpha value is -3.47. The van der Waals surface area contributed by atoms with Gasteiger partial charge in [-0.2, -0.15) is 0 Å². The average Bonchev–Trinajstić information content (AvgIpc) is 3.22. The minimum Gasteiger partial charge on any atom is -0.495 e. The number of anilines is 1. The molecule has 0 aliphatic carbocycles. The second kappa shape index (κ2) is 9.46. The molecular formula is C23H24N2O3. The zero-order chi connectivity index (χ0) is 19.8. The molecule has 0 aliphatic rings. The quantitative estimate of drug-likeness (QED) is 0.598. The van der Waals surface area contributed by atoms with Crippen LogP contribution in [0, 0.1) is 0 Å². The van der Waals surface area contributed by atoms with Gasteiger partial charge in [0.1, 0.15) is 11.5 Å². The summed E-state index contributed by atoms with van der Waals surface area (Å²) in [6.07, 6.45) is 3.68. The highest BCUT2D eigenvalue weighted by Gasteiger charge is 2.17. The Morgan fingerprint density at radius 2 is 1.82 bits per heavy atom. The number of furan rings is 1. The van der Waals surface area contributed by atoms with E-state index in [4.69, 9.17) is 9.15 Å². The largest absolute Gasteiger partial charge is 0.495 e. The van der Waals surface area contributed by atoms with Crippen LogP contribution in [-0.4, -0.2) is 24.6 Å². The number of urea groups is 1. The lowest BCUT2D eigenvalue weighted by molar-refractivity contribution is 0.209. The third kappa shape index (κ3) is 5.27. The Labute approximate surface area is 165 Å². The molecule has 2 amide bonds. The number of nitrogens with zero attached hydrogens (tertiary/aromatic N) is 1. The predicted octanol–water partition coefficient (Wildman–Crippen LogP) is 5.43. The van der Waals surface area contributed by atoms with Crippen LogP contribution in [0.4, 0.5) is 10.5 Å². The lowest BCUT2D eigenvalue weighted by Crippen LogP contribution is -2.35. The van der Waals surface area contributed by atoms with Crippen LogP contribution in [0.25, 0.3) is 6.08 Å². The van der Waals surface area contributed by atoms with Crippen molar-refractivity contribution in [3.63, 3.8) is 0 Å². The summed E-state index contributed by atoms with van der Waals surface area (Å²) in [5.74, 6) is 1.34. The molecule has 0 atom stereocenters. The number of carbonyl (C=O) groups excluding carboxylic acids is 1. The number of ether oxygens (including phenoxy) is 1. The topological polar surface area (TPSA) is 54.7 Å². The molecule has 3 rings (SSSR count). The van der Waals surface area contributed by atoms with E-state index in [1.165, 1.54) is 0 Å². The SMILES string of the molecule is COc1ccccc1NC(=O)N(C/C(C)=C/c1ccccc1)Cc1ccco1. The Kier molecular flexibility index (Phi) is 6.52. The highest BCUT2D eigenvalue weighted by Crippen LogP contribution is 2.24. The lowest BCUT2D eigenvalue weighted by atomic mass is 10.1. The Morgan fingerprint density at radius 1 is 1.07 bits per heavy atom. The number of para-hydroxylation sites is 2. The maximum Gasteiger partial charge on any atom is 0.322 e. The van der Waals surface area contributed by atoms with E-state index < -0.39 is 0 Å². The fourth-order valence-electron chi connectivity index (χ4n) is 2.91. The molecule has 1 aromatic heterocycles. The van der Waals surface area contributed by atoms with Gasteiger partial charge in [-0.3, -0.25) is 0 Å². The number of benzene rings is 2. The summed E-state index contributed by atoms with van der Waals surface area (Å²) < 4.78 is 10.8. The first-order valence-corrected chi connectivity index (χ1v) is 9.09. The van der Waals surface area contributed by atoms with E-state index >= 15 is 0 Å². The van der Waals surface area contributed by atoms with Crippen LogP contribution in [0.5, 0.6) is 5.75 Å². The van der Waals surface area contributed by atoms with Gasteiger partial charge in [0, 0.05) is 6.54 Å². The van der Waals surface area contributed by atoms with Gasteiger partial charge in [0.25, 0.3) is 0 Å². The molecule has 0 fully saturated rings. The van der Waals surface area contributed by atoms with Crippen LogP contribution >= 0.6 is 0 Å². The predicted molar refractivity (Wildman–Crippen MR) is 111 cm³/mol. The minimum atomic E-state index is -0.221. The van der Waals surface area contributed by atoms with Gasteiger partial charge in [0.2, 0.25) is 0 Å². The zero-order valence-corrected chi connectivity index (χ0v) is 16.1. The van der Waals surface area contributed by atoms with E-state index in [1.807, 2.05) is 73.7 Å². The molecule has 2 aromatic carbocycles. The fraction of sp³-hybridized carbons (Fsp3) is 0.174. The van der Waals surface area contributed by atoms with Gasteiger partial charge in [-0.25, -0.2) is 4.79 Å². The van der Waals surface area contributed by atoms with Crippen molar-refractivity contribution in [3.8, 4) is 5.75 Å². The van der Waals surface area contributed by atoms with Crippen molar-refractivity contribution in [2.45, 2.75) is 13.5 Å². The average molecular weight is 376 g/mol. The molecule has 0 bridgehead atoms. The van der Waals surface area contributed by atoms with Crippen molar-refractivity contribution in [1.82, 2.24) is 4.90 Å². The van der Waals surface area contributed by atoms with Crippen molar-refractivity contribution >= 4 is 17.8 Å². The van der Waals surface area contributed by atoms with Gasteiger partial charge < -0.3 is 19.4 Å². The molecule has 144 valence electrons. The van der Waals surface area contributed by atoms with Gasteiger partial charge in [0.05, 0.1) is 25.6 Å². The van der Waals surface area contributed by atoms with E-state index in [1.54, 1.807) is 18.3 Å². The Morgan fingerprint density at radius 3 is 2.54 bits per heavy atom. The van der Waals surface area contributed by atoms with Crippen LogP contribution in [0.1, 0.15) is 18.2 Å². The number of rotatable bonds is 7. The van der Waals surface area contributed by atoms with Crippen LogP contribution in [0.3, 0.4) is 0 Å². The highest BCUT2D eigenvalue weighted by molar-refractivity contribution is 5.91. The number of hydrogen-bond donors (Lipinski definition) is 1. The second-order valence-electron chi connectivity index (χ2n) is 6.47. The molecule has 0 radical (unpaired) electrons. The molecule has 1 N–H and O–H groups in total. The summed E-state index contributed by atoms with van der Waals surface area (Å²) in [5, 5.41) is 2.94. The monoisotopic (exact) mass is 376 g/mol. The molecule has 0 aliphatic heterocycles. The molecule has 5 nitrogen and oxygen atoms in total. The van der Waals surface area contributed by atoms with Gasteiger partial charge in [0.15, 0.2) is 0 Å². The molecule has 0 spiro atoms. The summed E-state index contributed by atoms with van der Waals surface area (Å²) in [6.45, 7) is 2.85. The molecular weight excluding hydrogens is 352 g/mol. The van der Waals surface area contributed by atoms with Crippen molar-refractivity contribution in [2.75, 3.05) is 19.0 Å². The summed E-state index contributed by atoms with van der Waals surface area (Å²) in [7, 11) is 1.58. The van der Waals surface area contributed by atoms with Gasteiger partial charge in [-0.05, 0) is 36.8 Å². The smallest absolute Gasteiger partial charge is 0.322 e. The molecule has 1 heterocycles. The minimum absolute atomic E-state index is 0.221. The van der Waals surface area contributed by atoms with Crippen molar-refractivity contribution in [1.29, 1.82) is 0 Å². The van der Waals surface area contributed by atoms with E-state index in [0.717, 1.165) is 16.9 Å². The number of nitrogens with one attached hydrogen (secondary N) is 1. The van der Waals surface area contributed by atoms with Crippen LogP contribution in [0.15, 0.2) is 83.0 Å². The summed E-state index contributed by atoms with van der Waals surface area (Å²) in [5.41, 5.74) is 2.79. The standard InChI is InChI=1S/C23H24N2O3/c1-18(15-19-9-4-3-5-10-19)16-25(17-20-11-8-14-28-20)23(26)24-21-12-6-7-13-22(21)27-2/h3-15H,16-17H2,1-2H3,(H,24,26)/b18-15+. The molecule has 0 saturated heterocycles. The number of methoxy groups -OCH3 is 1. The molecule has 28 heavy (non-hydrogen) atoms. The first kappa shape index (κ1) is 19.3. The molecule has 0 saturated carbocycles. The first-order valence-electron chi connectivity index (χ1n) is 9.09. The maximum absolute atomic E-state index is 13.0. The molecule has 5 heteroatoms. The van der Waals surface area contributed by atoms with E-state index in [9.17, 15) is 4.79 Å². The third-order valence-corrected chi connectivity index (χ3v) is 4.22. The number of amides is 2. The van der Waals surface area contributed by atoms with E-state index in [-0.39, 0.29) is 6.03 Å². The number of carbonyl (C=O) groups is 1. The van der Waals surface area contributed by atoms with E-state index in [0.29, 0.717) is 24.5 Å². The maximum atomic E-state index is 13.0. The van der Waals surface area contributed by atoms with Gasteiger partial charge >= 0.3 is 6.03 Å². The summed E-state index contributed by atoms with van der Waals surface area (Å²) in [4.78, 5) is 14.7. The normalized spacial score (nSPS) is 11.1. The van der Waals surface area contributed by atoms with Crippen molar-refractivity contribution < 1.29 is 13.9 Å². The van der Waals surface area contributed by atoms with E-state index in [2.05, 4.69) is 11.4 Å². The van der Waals surface area contributed by atoms with Crippen LogP contribution in [0.2, 0.25) is 0 Å². The Bertz CT molecular complexity index is 918. The number of hydrogen-bond acceptors (Lipinski definition) is 3. The van der Waals surface area contributed by atoms with Crippen LogP contribution in [-0.2, 0) is 6.54 Å². The Balaban J connectivity index is 1.78. The van der Waals surface area contributed by atoms with Gasteiger partial charge in [-0.15, -0.1) is 0 Å². The van der Waals surface area contributed by atoms with Crippen molar-refractivity contribution in [2.24, 2.45) is 0 Å². The molecule has 0 unspecified atom stereocenters. The first-order chi connectivity index (χ1) is 13.7. The summed E-state index contributed by atoms with van der Waals surface area (Å²) >= 11 is 0. The zero-order valence-electron chi connectivity index (χ0n) is 16.1. The van der Waals surface area contributed by atoms with Crippen molar-refractivity contribution in [3.05, 3.63) is 89.9 Å². The third-order valence-electron chi connectivity index (χ3n) is 4.22. The lowest BCUT2D eigenvalue weighted by Gasteiger charge is -2.23. The highest BCUT2D eigenvalue weighted by atomic mass is 16.5. The fourth-order valence-corrected chi connectivity index (χ4v) is 2.91. The second-order valence-corrected chi connectivity index (χ2v) is 6.47. The molecule has 3 aromatic rings. The van der Waals surface area contributed by atoms with Gasteiger partial charge in [-0.1, -0.05) is 54.1 Å². The summed E-state index contributed by atoms with van der Waals surface area (Å²) in [6, 6.07) is 20.8.